The van der Waals surface area contributed by atoms with Gasteiger partial charge >= 0.3 is 6.18 Å². The summed E-state index contributed by atoms with van der Waals surface area (Å²) in [5, 5.41) is -0.786. The zero-order chi connectivity index (χ0) is 25.9. The Balaban J connectivity index is 1.61. The van der Waals surface area contributed by atoms with E-state index in [0.29, 0.717) is 15.8 Å². The molecule has 5 nitrogen and oxygen atoms in total. The van der Waals surface area contributed by atoms with Crippen molar-refractivity contribution < 1.29 is 35.9 Å². The first kappa shape index (κ1) is 24.3. The first-order valence-electron chi connectivity index (χ1n) is 10.2. The minimum atomic E-state index is -4.81. The van der Waals surface area contributed by atoms with Crippen LogP contribution in [0.15, 0.2) is 46.8 Å². The molecule has 3 N–H and O–H groups in total. The van der Waals surface area contributed by atoms with E-state index < -0.39 is 52.8 Å². The van der Waals surface area contributed by atoms with Crippen LogP contribution in [-0.4, -0.2) is 16.8 Å². The molecule has 5 rings (SSSR count). The topological polar surface area (TPSA) is 79.2 Å². The van der Waals surface area contributed by atoms with Crippen LogP contribution >= 0.6 is 23.1 Å². The van der Waals surface area contributed by atoms with Gasteiger partial charge in [0.25, 0.3) is 5.91 Å². The third-order valence-corrected chi connectivity index (χ3v) is 8.18. The second-order valence-electron chi connectivity index (χ2n) is 7.97. The van der Waals surface area contributed by atoms with Crippen LogP contribution in [0.4, 0.5) is 32.0 Å². The standard InChI is InChI=1S/C23H13F6N3O2S2/c24-11-2-9(1-10(3-11)23(27,28)29)8-32-17-6-18(20(30)33)35-22(17)36-19(21(32)34)13-7-31-16-5-15(26)14(25)4-12(13)16/h1-7,19,31H,8H2,(H2,30,33). The molecule has 1 unspecified atom stereocenters. The summed E-state index contributed by atoms with van der Waals surface area (Å²) in [6.07, 6.45) is -3.40. The highest BCUT2D eigenvalue weighted by Crippen LogP contribution is 2.52. The lowest BCUT2D eigenvalue weighted by Crippen LogP contribution is -2.36. The summed E-state index contributed by atoms with van der Waals surface area (Å²) in [5.41, 5.74) is 4.80. The van der Waals surface area contributed by atoms with E-state index in [2.05, 4.69) is 4.98 Å². The lowest BCUT2D eigenvalue weighted by Gasteiger charge is -2.32. The number of rotatable bonds is 4. The van der Waals surface area contributed by atoms with Crippen LogP contribution in [-0.2, 0) is 17.5 Å². The summed E-state index contributed by atoms with van der Waals surface area (Å²) in [6.45, 7) is -0.440. The number of halogens is 6. The maximum atomic E-state index is 14.0. The predicted octanol–water partition coefficient (Wildman–Crippen LogP) is 6.14. The van der Waals surface area contributed by atoms with E-state index in [0.717, 1.165) is 52.3 Å². The van der Waals surface area contributed by atoms with Crippen LogP contribution in [0.2, 0.25) is 0 Å². The Bertz CT molecular complexity index is 1540. The van der Waals surface area contributed by atoms with Gasteiger partial charge < -0.3 is 15.6 Å². The van der Waals surface area contributed by atoms with Gasteiger partial charge in [-0.25, -0.2) is 13.2 Å². The zero-order valence-corrected chi connectivity index (χ0v) is 19.4. The van der Waals surface area contributed by atoms with Crippen LogP contribution in [0, 0.1) is 17.5 Å². The Kier molecular flexibility index (Phi) is 5.79. The van der Waals surface area contributed by atoms with Gasteiger partial charge in [0.1, 0.15) is 11.1 Å². The molecule has 0 radical (unpaired) electrons. The number of amides is 2. The Labute approximate surface area is 206 Å². The fourth-order valence-electron chi connectivity index (χ4n) is 3.98. The van der Waals surface area contributed by atoms with Crippen LogP contribution in [0.3, 0.4) is 0 Å². The minimum absolute atomic E-state index is 0.105. The molecule has 2 aromatic heterocycles. The summed E-state index contributed by atoms with van der Waals surface area (Å²) >= 11 is 2.02. The molecule has 36 heavy (non-hydrogen) atoms. The number of primary amides is 1. The number of nitrogens with zero attached hydrogens (tertiary/aromatic N) is 1. The van der Waals surface area contributed by atoms with Gasteiger partial charge in [-0.3, -0.25) is 9.59 Å². The number of thioether (sulfide) groups is 1. The van der Waals surface area contributed by atoms with Gasteiger partial charge in [-0.2, -0.15) is 13.2 Å². The van der Waals surface area contributed by atoms with Crippen molar-refractivity contribution >= 4 is 51.5 Å². The van der Waals surface area contributed by atoms with Crippen molar-refractivity contribution in [3.8, 4) is 0 Å². The predicted molar refractivity (Wildman–Crippen MR) is 122 cm³/mol. The van der Waals surface area contributed by atoms with Crippen molar-refractivity contribution in [1.82, 2.24) is 4.98 Å². The number of anilines is 1. The maximum Gasteiger partial charge on any atom is 0.416 e. The molecule has 0 bridgehead atoms. The number of aromatic amines is 1. The second-order valence-corrected chi connectivity index (χ2v) is 10.4. The minimum Gasteiger partial charge on any atom is -0.365 e. The number of H-pyrrole nitrogens is 1. The van der Waals surface area contributed by atoms with Gasteiger partial charge in [0.2, 0.25) is 5.91 Å². The molecule has 2 aromatic carbocycles. The first-order valence-corrected chi connectivity index (χ1v) is 11.9. The number of benzene rings is 2. The Morgan fingerprint density at radius 2 is 1.78 bits per heavy atom. The molecule has 0 fully saturated rings. The molecule has 0 spiro atoms. The number of hydrogen-bond acceptors (Lipinski definition) is 4. The van der Waals surface area contributed by atoms with Crippen molar-refractivity contribution in [3.05, 3.63) is 81.6 Å². The smallest absolute Gasteiger partial charge is 0.365 e. The molecule has 186 valence electrons. The van der Waals surface area contributed by atoms with Gasteiger partial charge in [0.05, 0.1) is 26.9 Å². The lowest BCUT2D eigenvalue weighted by molar-refractivity contribution is -0.137. The summed E-state index contributed by atoms with van der Waals surface area (Å²) in [7, 11) is 0. The average molecular weight is 541 g/mol. The van der Waals surface area contributed by atoms with E-state index in [-0.39, 0.29) is 27.0 Å². The number of carbonyl (C=O) groups is 2. The molecule has 3 heterocycles. The molecule has 1 aliphatic rings. The third kappa shape index (κ3) is 4.22. The fourth-order valence-corrected chi connectivity index (χ4v) is 6.53. The summed E-state index contributed by atoms with van der Waals surface area (Å²) in [4.78, 5) is 29.4. The highest BCUT2D eigenvalue weighted by Gasteiger charge is 2.39. The Hall–Kier alpha value is -3.45. The highest BCUT2D eigenvalue weighted by molar-refractivity contribution is 8.02. The zero-order valence-electron chi connectivity index (χ0n) is 17.8. The van der Waals surface area contributed by atoms with Crippen LogP contribution in [0.5, 0.6) is 0 Å². The third-order valence-electron chi connectivity index (χ3n) is 5.59. The number of aromatic nitrogens is 1. The number of hydrogen-bond donors (Lipinski definition) is 2. The monoisotopic (exact) mass is 541 g/mol. The van der Waals surface area contributed by atoms with E-state index in [1.807, 2.05) is 0 Å². The van der Waals surface area contributed by atoms with Gasteiger partial charge in [0.15, 0.2) is 11.6 Å². The van der Waals surface area contributed by atoms with Crippen molar-refractivity contribution in [1.29, 1.82) is 0 Å². The van der Waals surface area contributed by atoms with Gasteiger partial charge in [-0.1, -0.05) is 11.8 Å². The summed E-state index contributed by atoms with van der Waals surface area (Å²) < 4.78 is 81.8. The van der Waals surface area contributed by atoms with Gasteiger partial charge in [-0.15, -0.1) is 11.3 Å². The molecule has 0 aliphatic carbocycles. The lowest BCUT2D eigenvalue weighted by atomic mass is 10.1. The number of nitrogens with one attached hydrogen (secondary N) is 1. The molecule has 13 heteroatoms. The Morgan fingerprint density at radius 1 is 1.06 bits per heavy atom. The fraction of sp³-hybridized carbons (Fsp3) is 0.130. The number of thiophene rings is 1. The molecule has 4 aromatic rings. The maximum absolute atomic E-state index is 14.0. The Morgan fingerprint density at radius 3 is 2.47 bits per heavy atom. The largest absolute Gasteiger partial charge is 0.416 e. The van der Waals surface area contributed by atoms with Crippen molar-refractivity contribution in [3.63, 3.8) is 0 Å². The molecule has 0 saturated heterocycles. The van der Waals surface area contributed by atoms with E-state index in [1.54, 1.807) is 0 Å². The van der Waals surface area contributed by atoms with Gasteiger partial charge in [-0.05, 0) is 35.9 Å². The second kappa shape index (κ2) is 8.59. The number of carbonyl (C=O) groups excluding carboxylic acids is 2. The molecule has 0 saturated carbocycles. The van der Waals surface area contributed by atoms with E-state index in [4.69, 9.17) is 5.73 Å². The molecular weight excluding hydrogens is 528 g/mol. The van der Waals surface area contributed by atoms with E-state index >= 15 is 0 Å². The number of nitrogens with two attached hydrogens (primary N) is 1. The van der Waals surface area contributed by atoms with Crippen LogP contribution < -0.4 is 10.6 Å². The van der Waals surface area contributed by atoms with E-state index in [9.17, 15) is 35.9 Å². The first-order chi connectivity index (χ1) is 16.9. The van der Waals surface area contributed by atoms with Crippen LogP contribution in [0.25, 0.3) is 10.9 Å². The quantitative estimate of drug-likeness (QED) is 0.305. The summed E-state index contributed by atoms with van der Waals surface area (Å²) in [6, 6.07) is 5.19. The van der Waals surface area contributed by atoms with E-state index in [1.165, 1.54) is 12.3 Å². The van der Waals surface area contributed by atoms with Crippen LogP contribution in [0.1, 0.15) is 31.6 Å². The van der Waals surface area contributed by atoms with Crippen molar-refractivity contribution in [2.45, 2.75) is 22.2 Å². The average Bonchev–Trinajstić information content (AvgIpc) is 3.39. The summed E-state index contributed by atoms with van der Waals surface area (Å²) in [5.74, 6) is -4.72. The molecule has 1 aliphatic heterocycles. The number of fused-ring (bicyclic) bond motifs is 2. The van der Waals surface area contributed by atoms with Crippen molar-refractivity contribution in [2.24, 2.45) is 5.73 Å². The van der Waals surface area contributed by atoms with Crippen molar-refractivity contribution in [2.75, 3.05) is 4.90 Å². The molecule has 2 amide bonds. The SMILES string of the molecule is NC(=O)c1cc2c(s1)SC(c1c[nH]c3cc(F)c(F)cc13)C(=O)N2Cc1cc(F)cc(C(F)(F)F)c1. The van der Waals surface area contributed by atoms with Gasteiger partial charge in [0, 0.05) is 28.7 Å². The highest BCUT2D eigenvalue weighted by atomic mass is 32.2. The number of alkyl halides is 3. The molecular formula is C23H13F6N3O2S2. The molecule has 1 atom stereocenters. The normalized spacial score (nSPS) is 16.0.